The molecule has 0 saturated heterocycles. The van der Waals surface area contributed by atoms with Crippen LogP contribution < -0.4 is 0 Å². The molecule has 2 aromatic rings. The Hall–Kier alpha value is -2.08. The number of carbonyl (C=O) groups is 1. The van der Waals surface area contributed by atoms with E-state index in [1.165, 1.54) is 0 Å². The van der Waals surface area contributed by atoms with E-state index in [1.54, 1.807) is 13.3 Å². The summed E-state index contributed by atoms with van der Waals surface area (Å²) in [5.41, 5.74) is 2.13. The molecule has 1 N–H and O–H groups in total. The van der Waals surface area contributed by atoms with Crippen LogP contribution in [0, 0.1) is 6.92 Å². The fourth-order valence-electron chi connectivity index (χ4n) is 3.16. The molecule has 2 aromatic heterocycles. The normalized spacial score (nSPS) is 17.0. The highest BCUT2D eigenvalue weighted by Gasteiger charge is 2.31. The largest absolute Gasteiger partial charge is 0.464 e. The Kier molecular flexibility index (Phi) is 4.81. The van der Waals surface area contributed by atoms with Crippen LogP contribution in [0.25, 0.3) is 0 Å². The van der Waals surface area contributed by atoms with Crippen LogP contribution in [0.3, 0.4) is 0 Å². The Morgan fingerprint density at radius 2 is 2.39 bits per heavy atom. The summed E-state index contributed by atoms with van der Waals surface area (Å²) in [5.74, 6) is 1.66. The second-order valence-corrected chi connectivity index (χ2v) is 6.01. The smallest absolute Gasteiger partial charge is 0.230 e. The van der Waals surface area contributed by atoms with Gasteiger partial charge < -0.3 is 14.1 Å². The molecule has 3 rings (SSSR count). The van der Waals surface area contributed by atoms with Crippen LogP contribution in [0.15, 0.2) is 22.7 Å². The van der Waals surface area contributed by atoms with E-state index in [2.05, 4.69) is 10.2 Å². The molecule has 0 unspecified atom stereocenters. The van der Waals surface area contributed by atoms with Crippen LogP contribution in [-0.2, 0) is 22.5 Å². The molecule has 0 aliphatic heterocycles. The molecule has 1 aliphatic carbocycles. The average Bonchev–Trinajstić information content (AvgIpc) is 3.19. The zero-order valence-corrected chi connectivity index (χ0v) is 13.7. The lowest BCUT2D eigenvalue weighted by Crippen LogP contribution is -2.37. The lowest BCUT2D eigenvalue weighted by atomic mass is 9.86. The molecule has 124 valence electrons. The lowest BCUT2D eigenvalue weighted by molar-refractivity contribution is -0.134. The Balaban J connectivity index is 1.78. The highest BCUT2D eigenvalue weighted by atomic mass is 16.5. The van der Waals surface area contributed by atoms with Gasteiger partial charge in [0.2, 0.25) is 5.91 Å². The van der Waals surface area contributed by atoms with Gasteiger partial charge >= 0.3 is 0 Å². The molecular weight excluding hydrogens is 294 g/mol. The number of aromatic amines is 1. The first kappa shape index (κ1) is 15.8. The molecule has 0 bridgehead atoms. The molecule has 0 radical (unpaired) electrons. The number of aromatic nitrogens is 2. The minimum atomic E-state index is -0.120. The monoisotopic (exact) mass is 317 g/mol. The predicted molar refractivity (Wildman–Crippen MR) is 85.0 cm³/mol. The van der Waals surface area contributed by atoms with Gasteiger partial charge in [-0.1, -0.05) is 0 Å². The molecule has 1 aliphatic rings. The number of aryl methyl sites for hydroxylation is 2. The molecule has 6 nitrogen and oxygen atoms in total. The van der Waals surface area contributed by atoms with Crippen LogP contribution in [0.5, 0.6) is 0 Å². The van der Waals surface area contributed by atoms with Gasteiger partial charge in [0.05, 0.1) is 25.3 Å². The van der Waals surface area contributed by atoms with Crippen LogP contribution in [-0.4, -0.2) is 41.3 Å². The Bertz CT molecular complexity index is 662. The van der Waals surface area contributed by atoms with E-state index < -0.39 is 0 Å². The number of carbonyl (C=O) groups excluding carboxylic acids is 1. The molecule has 23 heavy (non-hydrogen) atoms. The second-order valence-electron chi connectivity index (χ2n) is 6.01. The molecular formula is C17H23N3O3. The van der Waals surface area contributed by atoms with Gasteiger partial charge in [-0.05, 0) is 38.3 Å². The number of hydrogen-bond acceptors (Lipinski definition) is 4. The maximum absolute atomic E-state index is 13.1. The number of ether oxygens (including phenoxy) is 1. The number of amides is 1. The molecule has 0 saturated carbocycles. The maximum Gasteiger partial charge on any atom is 0.230 e. The highest BCUT2D eigenvalue weighted by Crippen LogP contribution is 2.32. The zero-order valence-electron chi connectivity index (χ0n) is 13.7. The summed E-state index contributed by atoms with van der Waals surface area (Å²) in [5, 5.41) is 7.12. The van der Waals surface area contributed by atoms with Crippen molar-refractivity contribution in [3.63, 3.8) is 0 Å². The number of H-pyrrole nitrogens is 1. The molecule has 1 atom stereocenters. The van der Waals surface area contributed by atoms with E-state index in [9.17, 15) is 4.79 Å². The van der Waals surface area contributed by atoms with E-state index in [1.807, 2.05) is 24.0 Å². The molecule has 0 aromatic carbocycles. The van der Waals surface area contributed by atoms with Gasteiger partial charge in [0, 0.05) is 24.9 Å². The van der Waals surface area contributed by atoms with Crippen molar-refractivity contribution in [2.75, 3.05) is 20.3 Å². The number of hydrogen-bond donors (Lipinski definition) is 1. The molecule has 0 spiro atoms. The third-order valence-electron chi connectivity index (χ3n) is 4.36. The van der Waals surface area contributed by atoms with Crippen LogP contribution >= 0.6 is 0 Å². The van der Waals surface area contributed by atoms with E-state index in [-0.39, 0.29) is 11.8 Å². The summed E-state index contributed by atoms with van der Waals surface area (Å²) in [6.45, 7) is 3.44. The summed E-state index contributed by atoms with van der Waals surface area (Å²) in [7, 11) is 1.65. The minimum absolute atomic E-state index is 0.120. The maximum atomic E-state index is 13.1. The average molecular weight is 317 g/mol. The molecule has 1 amide bonds. The third kappa shape index (κ3) is 3.47. The first-order valence-electron chi connectivity index (χ1n) is 8.04. The summed E-state index contributed by atoms with van der Waals surface area (Å²) >= 11 is 0. The van der Waals surface area contributed by atoms with Crippen molar-refractivity contribution in [3.8, 4) is 0 Å². The van der Waals surface area contributed by atoms with Crippen molar-refractivity contribution in [3.05, 3.63) is 41.1 Å². The fourth-order valence-corrected chi connectivity index (χ4v) is 3.16. The first-order valence-corrected chi connectivity index (χ1v) is 8.04. The van der Waals surface area contributed by atoms with E-state index in [0.29, 0.717) is 19.7 Å². The number of nitrogens with one attached hydrogen (secondary N) is 1. The summed E-state index contributed by atoms with van der Waals surface area (Å²) in [6, 6.07) is 3.84. The molecule has 6 heteroatoms. The summed E-state index contributed by atoms with van der Waals surface area (Å²) in [6.07, 6.45) is 4.63. The van der Waals surface area contributed by atoms with Crippen molar-refractivity contribution < 1.29 is 13.9 Å². The lowest BCUT2D eigenvalue weighted by Gasteiger charge is -2.28. The van der Waals surface area contributed by atoms with Gasteiger partial charge in [0.1, 0.15) is 11.5 Å². The first-order chi connectivity index (χ1) is 11.2. The van der Waals surface area contributed by atoms with E-state index in [0.717, 1.165) is 42.0 Å². The molecule has 2 heterocycles. The van der Waals surface area contributed by atoms with E-state index >= 15 is 0 Å². The van der Waals surface area contributed by atoms with Gasteiger partial charge in [-0.25, -0.2) is 0 Å². The standard InChI is InChI=1S/C17H23N3O3/c1-12-6-7-13(23-12)11-20(8-9-22-2)17(21)14-4-3-5-16-15(14)10-18-19-16/h6-7,10,14H,3-5,8-9,11H2,1-2H3,(H,18,19)/t14-/m1/s1. The Morgan fingerprint density at radius 1 is 1.52 bits per heavy atom. The Labute approximate surface area is 135 Å². The number of furan rings is 1. The van der Waals surface area contributed by atoms with Gasteiger partial charge in [0.15, 0.2) is 0 Å². The third-order valence-corrected chi connectivity index (χ3v) is 4.36. The number of nitrogens with zero attached hydrogens (tertiary/aromatic N) is 2. The van der Waals surface area contributed by atoms with Gasteiger partial charge in [-0.15, -0.1) is 0 Å². The van der Waals surface area contributed by atoms with Crippen molar-refractivity contribution in [1.82, 2.24) is 15.1 Å². The van der Waals surface area contributed by atoms with Gasteiger partial charge in [-0.3, -0.25) is 9.89 Å². The van der Waals surface area contributed by atoms with Crippen molar-refractivity contribution in [1.29, 1.82) is 0 Å². The minimum Gasteiger partial charge on any atom is -0.464 e. The van der Waals surface area contributed by atoms with Crippen molar-refractivity contribution >= 4 is 5.91 Å². The fraction of sp³-hybridized carbons (Fsp3) is 0.529. The predicted octanol–water partition coefficient (Wildman–Crippen LogP) is 2.41. The highest BCUT2D eigenvalue weighted by molar-refractivity contribution is 5.84. The topological polar surface area (TPSA) is 71.4 Å². The number of fused-ring (bicyclic) bond motifs is 1. The summed E-state index contributed by atoms with van der Waals surface area (Å²) < 4.78 is 10.8. The SMILES string of the molecule is COCCN(Cc1ccc(C)o1)C(=O)[C@@H]1CCCc2[nH]ncc21. The number of rotatable bonds is 6. The van der Waals surface area contributed by atoms with E-state index in [4.69, 9.17) is 9.15 Å². The van der Waals surface area contributed by atoms with Gasteiger partial charge in [-0.2, -0.15) is 5.10 Å². The molecule has 0 fully saturated rings. The van der Waals surface area contributed by atoms with Crippen LogP contribution in [0.1, 0.15) is 41.5 Å². The number of methoxy groups -OCH3 is 1. The second kappa shape index (κ2) is 7.00. The Morgan fingerprint density at radius 3 is 3.13 bits per heavy atom. The van der Waals surface area contributed by atoms with Crippen molar-refractivity contribution in [2.45, 2.75) is 38.6 Å². The summed E-state index contributed by atoms with van der Waals surface area (Å²) in [4.78, 5) is 14.9. The quantitative estimate of drug-likeness (QED) is 0.888. The zero-order chi connectivity index (χ0) is 16.2. The van der Waals surface area contributed by atoms with Crippen molar-refractivity contribution in [2.24, 2.45) is 0 Å². The van der Waals surface area contributed by atoms with Crippen LogP contribution in [0.2, 0.25) is 0 Å². The van der Waals surface area contributed by atoms with Crippen LogP contribution in [0.4, 0.5) is 0 Å². The van der Waals surface area contributed by atoms with Gasteiger partial charge in [0.25, 0.3) is 0 Å².